The van der Waals surface area contributed by atoms with E-state index < -0.39 is 0 Å². The van der Waals surface area contributed by atoms with Gasteiger partial charge in [0.25, 0.3) is 0 Å². The minimum atomic E-state index is 1.01. The van der Waals surface area contributed by atoms with Crippen LogP contribution in [0.15, 0.2) is 23.5 Å². The van der Waals surface area contributed by atoms with Crippen LogP contribution in [0.1, 0.15) is 20.3 Å². The monoisotopic (exact) mass is 152 g/mol. The summed E-state index contributed by atoms with van der Waals surface area (Å²) in [5, 5.41) is 6.60. The number of allylic oxidation sites excluding steroid dienone is 2. The lowest BCUT2D eigenvalue weighted by molar-refractivity contribution is 0.773. The van der Waals surface area contributed by atoms with Crippen LogP contribution in [-0.2, 0) is 0 Å². The van der Waals surface area contributed by atoms with Gasteiger partial charge in [-0.1, -0.05) is 0 Å². The second-order valence-corrected chi connectivity index (χ2v) is 2.62. The van der Waals surface area contributed by atoms with E-state index in [1.807, 2.05) is 0 Å². The molecule has 2 nitrogen and oxygen atoms in total. The molecule has 0 heterocycles. The van der Waals surface area contributed by atoms with Gasteiger partial charge in [-0.05, 0) is 26.0 Å². The van der Waals surface area contributed by atoms with Gasteiger partial charge < -0.3 is 10.6 Å². The summed E-state index contributed by atoms with van der Waals surface area (Å²) in [7, 11) is 0. The van der Waals surface area contributed by atoms with Gasteiger partial charge in [0.05, 0.1) is 0 Å². The molecule has 0 amide bonds. The van der Waals surface area contributed by atoms with E-state index in [1.165, 1.54) is 11.4 Å². The average Bonchev–Trinajstić information content (AvgIpc) is 2.38. The fourth-order valence-corrected chi connectivity index (χ4v) is 1.22. The summed E-state index contributed by atoms with van der Waals surface area (Å²) in [6, 6.07) is 0. The summed E-state index contributed by atoms with van der Waals surface area (Å²) in [6.45, 7) is 6.26. The standard InChI is InChI=1S/C9H16N2/c1-3-10-8-5-6-9(7-8)11-4-2/h5-6,10-11H,3-4,7H2,1-2H3. The van der Waals surface area contributed by atoms with Crippen molar-refractivity contribution in [2.75, 3.05) is 13.1 Å². The third-order valence-corrected chi connectivity index (χ3v) is 1.67. The third kappa shape index (κ3) is 2.30. The second kappa shape index (κ2) is 4.06. The molecule has 1 aliphatic carbocycles. The zero-order valence-electron chi connectivity index (χ0n) is 7.28. The van der Waals surface area contributed by atoms with E-state index in [4.69, 9.17) is 0 Å². The molecule has 0 aromatic rings. The SMILES string of the molecule is CCNC1=CC=C(NCC)C1. The lowest BCUT2D eigenvalue weighted by atomic mass is 10.3. The molecule has 0 aromatic heterocycles. The van der Waals surface area contributed by atoms with E-state index in [-0.39, 0.29) is 0 Å². The highest BCUT2D eigenvalue weighted by atomic mass is 14.9. The normalized spacial score (nSPS) is 15.8. The smallest absolute Gasteiger partial charge is 0.0271 e. The molecule has 1 rings (SSSR count). The maximum Gasteiger partial charge on any atom is 0.0271 e. The Kier molecular flexibility index (Phi) is 3.02. The Morgan fingerprint density at radius 2 is 1.55 bits per heavy atom. The largest absolute Gasteiger partial charge is 0.388 e. The molecule has 0 atom stereocenters. The van der Waals surface area contributed by atoms with E-state index in [1.54, 1.807) is 0 Å². The highest BCUT2D eigenvalue weighted by Crippen LogP contribution is 2.13. The molecule has 62 valence electrons. The van der Waals surface area contributed by atoms with Gasteiger partial charge in [0, 0.05) is 30.9 Å². The molecule has 0 bridgehead atoms. The van der Waals surface area contributed by atoms with Gasteiger partial charge >= 0.3 is 0 Å². The van der Waals surface area contributed by atoms with Crippen LogP contribution in [0.4, 0.5) is 0 Å². The van der Waals surface area contributed by atoms with Crippen LogP contribution in [0.3, 0.4) is 0 Å². The molecule has 2 N–H and O–H groups in total. The van der Waals surface area contributed by atoms with E-state index in [0.29, 0.717) is 0 Å². The maximum absolute atomic E-state index is 3.30. The number of rotatable bonds is 4. The molecule has 0 aromatic carbocycles. The Bertz CT molecular complexity index is 160. The minimum Gasteiger partial charge on any atom is -0.388 e. The molecular weight excluding hydrogens is 136 g/mol. The maximum atomic E-state index is 3.30. The van der Waals surface area contributed by atoms with Gasteiger partial charge in [-0.25, -0.2) is 0 Å². The Hall–Kier alpha value is -0.920. The summed E-state index contributed by atoms with van der Waals surface area (Å²) < 4.78 is 0. The van der Waals surface area contributed by atoms with Crippen molar-refractivity contribution in [1.82, 2.24) is 10.6 Å². The zero-order valence-corrected chi connectivity index (χ0v) is 7.28. The van der Waals surface area contributed by atoms with E-state index in [2.05, 4.69) is 36.6 Å². The lowest BCUT2D eigenvalue weighted by Crippen LogP contribution is -2.15. The summed E-state index contributed by atoms with van der Waals surface area (Å²) >= 11 is 0. The van der Waals surface area contributed by atoms with Crippen LogP contribution >= 0.6 is 0 Å². The Labute approximate surface area is 68.4 Å². The quantitative estimate of drug-likeness (QED) is 0.636. The molecular formula is C9H16N2. The van der Waals surface area contributed by atoms with Gasteiger partial charge in [-0.15, -0.1) is 0 Å². The number of nitrogens with one attached hydrogen (secondary N) is 2. The van der Waals surface area contributed by atoms with Crippen LogP contribution in [0.2, 0.25) is 0 Å². The fourth-order valence-electron chi connectivity index (χ4n) is 1.22. The van der Waals surface area contributed by atoms with E-state index in [9.17, 15) is 0 Å². The van der Waals surface area contributed by atoms with Crippen molar-refractivity contribution in [2.24, 2.45) is 0 Å². The first-order valence-corrected chi connectivity index (χ1v) is 4.24. The van der Waals surface area contributed by atoms with Crippen molar-refractivity contribution in [3.05, 3.63) is 23.5 Å². The van der Waals surface area contributed by atoms with Crippen LogP contribution in [0.25, 0.3) is 0 Å². The van der Waals surface area contributed by atoms with Gasteiger partial charge in [-0.3, -0.25) is 0 Å². The molecule has 0 radical (unpaired) electrons. The highest BCUT2D eigenvalue weighted by Gasteiger charge is 2.04. The molecule has 0 saturated heterocycles. The highest BCUT2D eigenvalue weighted by molar-refractivity contribution is 5.28. The Morgan fingerprint density at radius 3 is 1.91 bits per heavy atom. The van der Waals surface area contributed by atoms with Crippen LogP contribution < -0.4 is 10.6 Å². The number of hydrogen-bond acceptors (Lipinski definition) is 2. The van der Waals surface area contributed by atoms with Crippen molar-refractivity contribution < 1.29 is 0 Å². The van der Waals surface area contributed by atoms with Gasteiger partial charge in [0.15, 0.2) is 0 Å². The summed E-state index contributed by atoms with van der Waals surface area (Å²) in [6.07, 6.45) is 5.32. The van der Waals surface area contributed by atoms with Gasteiger partial charge in [-0.2, -0.15) is 0 Å². The van der Waals surface area contributed by atoms with Crippen molar-refractivity contribution >= 4 is 0 Å². The molecule has 0 unspecified atom stereocenters. The predicted molar refractivity (Wildman–Crippen MR) is 48.1 cm³/mol. The molecule has 11 heavy (non-hydrogen) atoms. The molecule has 0 spiro atoms. The summed E-state index contributed by atoms with van der Waals surface area (Å²) in [4.78, 5) is 0. The summed E-state index contributed by atoms with van der Waals surface area (Å²) in [5.74, 6) is 0. The molecule has 0 saturated carbocycles. The first-order valence-electron chi connectivity index (χ1n) is 4.24. The summed E-state index contributed by atoms with van der Waals surface area (Å²) in [5.41, 5.74) is 2.65. The molecule has 2 heteroatoms. The second-order valence-electron chi connectivity index (χ2n) is 2.62. The van der Waals surface area contributed by atoms with Gasteiger partial charge in [0.2, 0.25) is 0 Å². The first-order chi connectivity index (χ1) is 5.36. The predicted octanol–water partition coefficient (Wildman–Crippen LogP) is 1.38. The van der Waals surface area contributed by atoms with Crippen molar-refractivity contribution in [3.8, 4) is 0 Å². The van der Waals surface area contributed by atoms with Crippen molar-refractivity contribution in [3.63, 3.8) is 0 Å². The van der Waals surface area contributed by atoms with E-state index >= 15 is 0 Å². The van der Waals surface area contributed by atoms with Crippen molar-refractivity contribution in [1.29, 1.82) is 0 Å². The van der Waals surface area contributed by atoms with E-state index in [0.717, 1.165) is 19.5 Å². The molecule has 1 aliphatic rings. The Morgan fingerprint density at radius 1 is 1.09 bits per heavy atom. The van der Waals surface area contributed by atoms with Crippen LogP contribution in [0, 0.1) is 0 Å². The topological polar surface area (TPSA) is 24.1 Å². The van der Waals surface area contributed by atoms with Crippen molar-refractivity contribution in [2.45, 2.75) is 20.3 Å². The fraction of sp³-hybridized carbons (Fsp3) is 0.556. The Balaban J connectivity index is 2.27. The van der Waals surface area contributed by atoms with Crippen LogP contribution in [-0.4, -0.2) is 13.1 Å². The first kappa shape index (κ1) is 8.18. The molecule has 0 aliphatic heterocycles. The average molecular weight is 152 g/mol. The van der Waals surface area contributed by atoms with Gasteiger partial charge in [0.1, 0.15) is 0 Å². The molecule has 0 fully saturated rings. The number of hydrogen-bond donors (Lipinski definition) is 2. The lowest BCUT2D eigenvalue weighted by Gasteiger charge is -2.06. The zero-order chi connectivity index (χ0) is 8.10. The minimum absolute atomic E-state index is 1.01. The van der Waals surface area contributed by atoms with Crippen LogP contribution in [0.5, 0.6) is 0 Å². The third-order valence-electron chi connectivity index (χ3n) is 1.67.